The molecule has 2 rings (SSSR count). The average Bonchev–Trinajstić information content (AvgIpc) is 2.82. The third-order valence-electron chi connectivity index (χ3n) is 2.53. The molecule has 2 N–H and O–H groups in total. The second kappa shape index (κ2) is 4.86. The molecule has 0 bridgehead atoms. The van der Waals surface area contributed by atoms with E-state index in [9.17, 15) is 4.79 Å². The van der Waals surface area contributed by atoms with Crippen molar-refractivity contribution in [2.75, 3.05) is 12.3 Å². The zero-order valence-electron chi connectivity index (χ0n) is 10.6. The number of esters is 1. The summed E-state index contributed by atoms with van der Waals surface area (Å²) < 4.78 is 10.4. The smallest absolute Gasteiger partial charge is 0.350 e. The van der Waals surface area contributed by atoms with Crippen LogP contribution in [-0.4, -0.2) is 12.6 Å². The third kappa shape index (κ3) is 2.26. The van der Waals surface area contributed by atoms with E-state index in [1.807, 2.05) is 19.9 Å². The fourth-order valence-corrected chi connectivity index (χ4v) is 2.81. The van der Waals surface area contributed by atoms with Gasteiger partial charge in [0.15, 0.2) is 0 Å². The lowest BCUT2D eigenvalue weighted by molar-refractivity contribution is 0.0533. The van der Waals surface area contributed by atoms with Crippen LogP contribution in [0.5, 0.6) is 0 Å². The number of anilines is 1. The molecule has 0 radical (unpaired) electrons. The monoisotopic (exact) mass is 265 g/mol. The van der Waals surface area contributed by atoms with Crippen LogP contribution in [0.3, 0.4) is 0 Å². The standard InChI is InChI=1S/C13H15NO3S/c1-4-16-13(15)12-10(14)6-11(18-12)9-5-7(2)17-8(9)3/h5-6H,4,14H2,1-3H3. The first kappa shape index (κ1) is 12.7. The maximum Gasteiger partial charge on any atom is 0.350 e. The van der Waals surface area contributed by atoms with Gasteiger partial charge in [0.1, 0.15) is 16.4 Å². The molecule has 0 amide bonds. The number of aryl methyl sites for hydroxylation is 2. The molecular formula is C13H15NO3S. The molecule has 0 fully saturated rings. The third-order valence-corrected chi connectivity index (χ3v) is 3.69. The number of carbonyl (C=O) groups excluding carboxylic acids is 1. The number of nitrogen functional groups attached to an aromatic ring is 1. The van der Waals surface area contributed by atoms with Crippen molar-refractivity contribution >= 4 is 23.0 Å². The zero-order valence-corrected chi connectivity index (χ0v) is 11.4. The molecule has 0 atom stereocenters. The van der Waals surface area contributed by atoms with E-state index in [2.05, 4.69) is 0 Å². The number of nitrogens with two attached hydrogens (primary N) is 1. The summed E-state index contributed by atoms with van der Waals surface area (Å²) in [4.78, 5) is 13.1. The van der Waals surface area contributed by atoms with Crippen molar-refractivity contribution in [3.8, 4) is 10.4 Å². The molecule has 0 saturated heterocycles. The van der Waals surface area contributed by atoms with Crippen LogP contribution in [0.2, 0.25) is 0 Å². The van der Waals surface area contributed by atoms with Crippen LogP contribution in [0, 0.1) is 13.8 Å². The summed E-state index contributed by atoms with van der Waals surface area (Å²) in [6.07, 6.45) is 0. The second-order valence-corrected chi connectivity index (χ2v) is 4.99. The largest absolute Gasteiger partial charge is 0.466 e. The summed E-state index contributed by atoms with van der Waals surface area (Å²) in [7, 11) is 0. The van der Waals surface area contributed by atoms with E-state index in [1.54, 1.807) is 13.0 Å². The topological polar surface area (TPSA) is 65.5 Å². The van der Waals surface area contributed by atoms with E-state index >= 15 is 0 Å². The minimum atomic E-state index is -0.371. The minimum absolute atomic E-state index is 0.343. The number of carbonyl (C=O) groups is 1. The number of ether oxygens (including phenoxy) is 1. The van der Waals surface area contributed by atoms with Crippen LogP contribution in [0.1, 0.15) is 28.1 Å². The van der Waals surface area contributed by atoms with Gasteiger partial charge < -0.3 is 14.9 Å². The van der Waals surface area contributed by atoms with Gasteiger partial charge in [0, 0.05) is 10.4 Å². The van der Waals surface area contributed by atoms with Gasteiger partial charge in [-0.1, -0.05) is 0 Å². The van der Waals surface area contributed by atoms with E-state index in [4.69, 9.17) is 14.9 Å². The highest BCUT2D eigenvalue weighted by Crippen LogP contribution is 2.36. The predicted molar refractivity (Wildman–Crippen MR) is 71.9 cm³/mol. The van der Waals surface area contributed by atoms with Crippen molar-refractivity contribution in [3.63, 3.8) is 0 Å². The molecule has 0 aliphatic rings. The molecule has 18 heavy (non-hydrogen) atoms. The van der Waals surface area contributed by atoms with Gasteiger partial charge in [-0.3, -0.25) is 0 Å². The molecule has 2 heterocycles. The Bertz CT molecular complexity index is 583. The Hall–Kier alpha value is -1.75. The predicted octanol–water partition coefficient (Wildman–Crippen LogP) is 3.38. The molecule has 0 saturated carbocycles. The van der Waals surface area contributed by atoms with Crippen molar-refractivity contribution in [3.05, 3.63) is 28.5 Å². The van der Waals surface area contributed by atoms with Crippen LogP contribution in [0.4, 0.5) is 5.69 Å². The van der Waals surface area contributed by atoms with Gasteiger partial charge in [0.25, 0.3) is 0 Å². The van der Waals surface area contributed by atoms with Gasteiger partial charge in [-0.15, -0.1) is 11.3 Å². The fourth-order valence-electron chi connectivity index (χ4n) is 1.77. The first-order valence-electron chi connectivity index (χ1n) is 5.66. The van der Waals surface area contributed by atoms with Gasteiger partial charge >= 0.3 is 5.97 Å². The van der Waals surface area contributed by atoms with E-state index in [1.165, 1.54) is 11.3 Å². The average molecular weight is 265 g/mol. The first-order chi connectivity index (χ1) is 8.52. The van der Waals surface area contributed by atoms with Crippen molar-refractivity contribution in [2.24, 2.45) is 0 Å². The maximum absolute atomic E-state index is 11.7. The number of thiophene rings is 1. The SMILES string of the molecule is CCOC(=O)c1sc(-c2cc(C)oc2C)cc1N. The number of furan rings is 1. The van der Waals surface area contributed by atoms with Crippen LogP contribution in [0.15, 0.2) is 16.5 Å². The summed E-state index contributed by atoms with van der Waals surface area (Å²) in [5, 5.41) is 0. The minimum Gasteiger partial charge on any atom is -0.466 e. The van der Waals surface area contributed by atoms with Gasteiger partial charge in [0.05, 0.1) is 12.3 Å². The Morgan fingerprint density at radius 2 is 2.17 bits per heavy atom. The van der Waals surface area contributed by atoms with Crippen LogP contribution < -0.4 is 5.73 Å². The van der Waals surface area contributed by atoms with E-state index < -0.39 is 0 Å². The molecule has 0 aliphatic carbocycles. The molecule has 0 unspecified atom stereocenters. The van der Waals surface area contributed by atoms with Gasteiger partial charge in [-0.05, 0) is 32.9 Å². The van der Waals surface area contributed by atoms with Gasteiger partial charge in [0.2, 0.25) is 0 Å². The molecule has 4 nitrogen and oxygen atoms in total. The van der Waals surface area contributed by atoms with Gasteiger partial charge in [-0.2, -0.15) is 0 Å². The number of hydrogen-bond acceptors (Lipinski definition) is 5. The van der Waals surface area contributed by atoms with Crippen LogP contribution in [-0.2, 0) is 4.74 Å². The molecule has 2 aromatic heterocycles. The summed E-state index contributed by atoms with van der Waals surface area (Å²) in [5.74, 6) is 1.29. The number of rotatable bonds is 3. The highest BCUT2D eigenvalue weighted by Gasteiger charge is 2.18. The molecule has 0 aromatic carbocycles. The Balaban J connectivity index is 2.40. The maximum atomic E-state index is 11.7. The summed E-state index contributed by atoms with van der Waals surface area (Å²) in [5.41, 5.74) is 7.27. The second-order valence-electron chi connectivity index (χ2n) is 3.94. The molecule has 0 aliphatic heterocycles. The fraction of sp³-hybridized carbons (Fsp3) is 0.308. The Morgan fingerprint density at radius 3 is 2.72 bits per heavy atom. The lowest BCUT2D eigenvalue weighted by Crippen LogP contribution is -2.04. The normalized spacial score (nSPS) is 10.6. The highest BCUT2D eigenvalue weighted by atomic mass is 32.1. The number of hydrogen-bond donors (Lipinski definition) is 1. The van der Waals surface area contributed by atoms with Crippen molar-refractivity contribution in [2.45, 2.75) is 20.8 Å². The lowest BCUT2D eigenvalue weighted by atomic mass is 10.2. The zero-order chi connectivity index (χ0) is 13.3. The lowest BCUT2D eigenvalue weighted by Gasteiger charge is -1.98. The molecule has 5 heteroatoms. The molecule has 0 spiro atoms. The molecular weight excluding hydrogens is 250 g/mol. The van der Waals surface area contributed by atoms with Crippen LogP contribution >= 0.6 is 11.3 Å². The van der Waals surface area contributed by atoms with Gasteiger partial charge in [-0.25, -0.2) is 4.79 Å². The summed E-state index contributed by atoms with van der Waals surface area (Å²) in [6.45, 7) is 5.89. The van der Waals surface area contributed by atoms with E-state index in [-0.39, 0.29) is 5.97 Å². The highest BCUT2D eigenvalue weighted by molar-refractivity contribution is 7.18. The Kier molecular flexibility index (Phi) is 3.43. The molecule has 96 valence electrons. The van der Waals surface area contributed by atoms with E-state index in [0.29, 0.717) is 17.2 Å². The first-order valence-corrected chi connectivity index (χ1v) is 6.48. The van der Waals surface area contributed by atoms with Crippen molar-refractivity contribution < 1.29 is 13.9 Å². The van der Waals surface area contributed by atoms with Crippen LogP contribution in [0.25, 0.3) is 10.4 Å². The Morgan fingerprint density at radius 1 is 1.44 bits per heavy atom. The quantitative estimate of drug-likeness (QED) is 0.864. The van der Waals surface area contributed by atoms with E-state index in [0.717, 1.165) is 22.0 Å². The van der Waals surface area contributed by atoms with Crippen molar-refractivity contribution in [1.82, 2.24) is 0 Å². The summed E-state index contributed by atoms with van der Waals surface area (Å²) in [6, 6.07) is 3.73. The Labute approximate surface area is 109 Å². The summed E-state index contributed by atoms with van der Waals surface area (Å²) >= 11 is 1.33. The van der Waals surface area contributed by atoms with Crippen molar-refractivity contribution in [1.29, 1.82) is 0 Å². The molecule has 2 aromatic rings.